The molecule has 4 nitrogen and oxygen atoms in total. The molecule has 2 aromatic carbocycles. The summed E-state index contributed by atoms with van der Waals surface area (Å²) in [5.74, 6) is -0.0495. The van der Waals surface area contributed by atoms with Gasteiger partial charge < -0.3 is 15.5 Å². The Bertz CT molecular complexity index is 676. The van der Waals surface area contributed by atoms with E-state index in [1.807, 2.05) is 36.4 Å². The lowest BCUT2D eigenvalue weighted by Gasteiger charge is -2.21. The minimum absolute atomic E-state index is 0.0495. The molecule has 1 amide bonds. The lowest BCUT2D eigenvalue weighted by atomic mass is 10.1. The molecule has 24 heavy (non-hydrogen) atoms. The zero-order valence-electron chi connectivity index (χ0n) is 15.0. The number of hydrogen-bond acceptors (Lipinski definition) is 3. The highest BCUT2D eigenvalue weighted by Gasteiger charge is 2.06. The third kappa shape index (κ3) is 4.51. The van der Waals surface area contributed by atoms with Crippen LogP contribution >= 0.6 is 0 Å². The van der Waals surface area contributed by atoms with Gasteiger partial charge in [-0.15, -0.1) is 0 Å². The second-order valence-corrected chi connectivity index (χ2v) is 5.87. The van der Waals surface area contributed by atoms with Crippen molar-refractivity contribution in [1.29, 1.82) is 0 Å². The van der Waals surface area contributed by atoms with Gasteiger partial charge in [0, 0.05) is 30.2 Å². The highest BCUT2D eigenvalue weighted by molar-refractivity contribution is 5.94. The van der Waals surface area contributed by atoms with Crippen molar-refractivity contribution in [3.63, 3.8) is 0 Å². The van der Waals surface area contributed by atoms with Crippen molar-refractivity contribution < 1.29 is 4.79 Å². The summed E-state index contributed by atoms with van der Waals surface area (Å²) in [5.41, 5.74) is 5.38. The number of carbonyl (C=O) groups excluding carboxylic acids is 1. The Morgan fingerprint density at radius 2 is 1.67 bits per heavy atom. The van der Waals surface area contributed by atoms with Crippen LogP contribution in [-0.4, -0.2) is 25.5 Å². The monoisotopic (exact) mass is 325 g/mol. The van der Waals surface area contributed by atoms with Gasteiger partial charge in [0.15, 0.2) is 0 Å². The Morgan fingerprint density at radius 1 is 1.00 bits per heavy atom. The Balaban J connectivity index is 1.91. The van der Waals surface area contributed by atoms with E-state index < -0.39 is 0 Å². The number of nitrogens with one attached hydrogen (secondary N) is 2. The van der Waals surface area contributed by atoms with Crippen LogP contribution in [0.2, 0.25) is 0 Å². The van der Waals surface area contributed by atoms with Gasteiger partial charge in [-0.2, -0.15) is 0 Å². The molecule has 0 aliphatic rings. The minimum atomic E-state index is -0.0495. The maximum Gasteiger partial charge on any atom is 0.243 e. The molecule has 0 fully saturated rings. The van der Waals surface area contributed by atoms with Crippen LogP contribution in [0.4, 0.5) is 17.1 Å². The summed E-state index contributed by atoms with van der Waals surface area (Å²) in [4.78, 5) is 14.4. The van der Waals surface area contributed by atoms with Crippen molar-refractivity contribution >= 4 is 23.0 Å². The van der Waals surface area contributed by atoms with E-state index in [1.165, 1.54) is 16.8 Å². The minimum Gasteiger partial charge on any atom is -0.376 e. The third-order valence-corrected chi connectivity index (χ3v) is 4.32. The summed E-state index contributed by atoms with van der Waals surface area (Å²) in [6.45, 7) is 10.6. The largest absolute Gasteiger partial charge is 0.376 e. The van der Waals surface area contributed by atoms with E-state index in [9.17, 15) is 4.79 Å². The van der Waals surface area contributed by atoms with Crippen molar-refractivity contribution in [2.75, 3.05) is 35.2 Å². The molecule has 0 saturated carbocycles. The SMILES string of the molecule is CCN(CC)c1ccc(NC(=O)CNc2cccc(C)c2C)cc1. The van der Waals surface area contributed by atoms with E-state index in [0.29, 0.717) is 0 Å². The molecule has 0 saturated heterocycles. The Labute approximate surface area is 144 Å². The van der Waals surface area contributed by atoms with Crippen molar-refractivity contribution in [1.82, 2.24) is 0 Å². The van der Waals surface area contributed by atoms with Crippen molar-refractivity contribution in [3.05, 3.63) is 53.6 Å². The summed E-state index contributed by atoms with van der Waals surface area (Å²) in [7, 11) is 0. The summed E-state index contributed by atoms with van der Waals surface area (Å²) >= 11 is 0. The summed E-state index contributed by atoms with van der Waals surface area (Å²) in [6.07, 6.45) is 0. The molecule has 0 heterocycles. The molecule has 4 heteroatoms. The molecule has 2 aromatic rings. The van der Waals surface area contributed by atoms with Gasteiger partial charge in [-0.05, 0) is 69.2 Å². The Hall–Kier alpha value is -2.49. The van der Waals surface area contributed by atoms with Crippen LogP contribution in [0, 0.1) is 13.8 Å². The Morgan fingerprint density at radius 3 is 2.29 bits per heavy atom. The van der Waals surface area contributed by atoms with Crippen LogP contribution in [0.15, 0.2) is 42.5 Å². The van der Waals surface area contributed by atoms with Gasteiger partial charge in [-0.3, -0.25) is 4.79 Å². The van der Waals surface area contributed by atoms with E-state index in [4.69, 9.17) is 0 Å². The van der Waals surface area contributed by atoms with Gasteiger partial charge in [-0.25, -0.2) is 0 Å². The fraction of sp³-hybridized carbons (Fsp3) is 0.350. The molecule has 0 aliphatic carbocycles. The topological polar surface area (TPSA) is 44.4 Å². The normalized spacial score (nSPS) is 10.3. The molecule has 2 N–H and O–H groups in total. The van der Waals surface area contributed by atoms with E-state index in [2.05, 4.69) is 49.3 Å². The third-order valence-electron chi connectivity index (χ3n) is 4.32. The molecule has 0 atom stereocenters. The van der Waals surface area contributed by atoms with Gasteiger partial charge in [-0.1, -0.05) is 12.1 Å². The number of nitrogens with zero attached hydrogens (tertiary/aromatic N) is 1. The first kappa shape index (κ1) is 17.9. The van der Waals surface area contributed by atoms with Gasteiger partial charge in [0.1, 0.15) is 0 Å². The fourth-order valence-electron chi connectivity index (χ4n) is 2.67. The molecule has 0 bridgehead atoms. The number of rotatable bonds is 7. The van der Waals surface area contributed by atoms with Crippen molar-refractivity contribution in [2.24, 2.45) is 0 Å². The highest BCUT2D eigenvalue weighted by atomic mass is 16.1. The van der Waals surface area contributed by atoms with E-state index in [1.54, 1.807) is 0 Å². The molecule has 0 aliphatic heterocycles. The molecule has 0 unspecified atom stereocenters. The van der Waals surface area contributed by atoms with Crippen LogP contribution < -0.4 is 15.5 Å². The van der Waals surface area contributed by atoms with Gasteiger partial charge in [0.05, 0.1) is 6.54 Å². The van der Waals surface area contributed by atoms with Crippen LogP contribution in [0.25, 0.3) is 0 Å². The maximum absolute atomic E-state index is 12.1. The first-order chi connectivity index (χ1) is 11.5. The van der Waals surface area contributed by atoms with Gasteiger partial charge >= 0.3 is 0 Å². The van der Waals surface area contributed by atoms with Crippen molar-refractivity contribution in [3.8, 4) is 0 Å². The summed E-state index contributed by atoms with van der Waals surface area (Å²) in [6, 6.07) is 14.0. The molecule has 2 rings (SSSR count). The van der Waals surface area contributed by atoms with Crippen molar-refractivity contribution in [2.45, 2.75) is 27.7 Å². The van der Waals surface area contributed by atoms with Gasteiger partial charge in [0.25, 0.3) is 0 Å². The molecular weight excluding hydrogens is 298 g/mol. The van der Waals surface area contributed by atoms with E-state index in [-0.39, 0.29) is 12.5 Å². The number of anilines is 3. The highest BCUT2D eigenvalue weighted by Crippen LogP contribution is 2.19. The first-order valence-corrected chi connectivity index (χ1v) is 8.50. The second kappa shape index (κ2) is 8.39. The van der Waals surface area contributed by atoms with Crippen LogP contribution in [0.1, 0.15) is 25.0 Å². The average Bonchev–Trinajstić information content (AvgIpc) is 2.59. The fourth-order valence-corrected chi connectivity index (χ4v) is 2.67. The van der Waals surface area contributed by atoms with E-state index >= 15 is 0 Å². The van der Waals surface area contributed by atoms with Gasteiger partial charge in [0.2, 0.25) is 5.91 Å². The number of benzene rings is 2. The summed E-state index contributed by atoms with van der Waals surface area (Å²) < 4.78 is 0. The standard InChI is InChI=1S/C20H27N3O/c1-5-23(6-2)18-12-10-17(11-13-18)22-20(24)14-21-19-9-7-8-15(3)16(19)4/h7-13,21H,5-6,14H2,1-4H3,(H,22,24). The van der Waals surface area contributed by atoms with Crippen LogP contribution in [0.3, 0.4) is 0 Å². The number of hydrogen-bond donors (Lipinski definition) is 2. The molecule has 0 spiro atoms. The second-order valence-electron chi connectivity index (χ2n) is 5.87. The number of carbonyl (C=O) groups is 1. The lowest BCUT2D eigenvalue weighted by Crippen LogP contribution is -2.23. The number of amides is 1. The molecular formula is C20H27N3O. The Kier molecular flexibility index (Phi) is 6.24. The smallest absolute Gasteiger partial charge is 0.243 e. The molecule has 0 radical (unpaired) electrons. The average molecular weight is 325 g/mol. The number of aryl methyl sites for hydroxylation is 1. The predicted molar refractivity (Wildman–Crippen MR) is 103 cm³/mol. The predicted octanol–water partition coefficient (Wildman–Crippen LogP) is 4.20. The molecule has 0 aromatic heterocycles. The zero-order chi connectivity index (χ0) is 17.5. The maximum atomic E-state index is 12.1. The quantitative estimate of drug-likeness (QED) is 0.802. The van der Waals surface area contributed by atoms with E-state index in [0.717, 1.165) is 24.5 Å². The first-order valence-electron chi connectivity index (χ1n) is 8.50. The molecule has 128 valence electrons. The van der Waals surface area contributed by atoms with Crippen LogP contribution in [-0.2, 0) is 4.79 Å². The lowest BCUT2D eigenvalue weighted by molar-refractivity contribution is -0.114. The summed E-state index contributed by atoms with van der Waals surface area (Å²) in [5, 5.41) is 6.13. The van der Waals surface area contributed by atoms with Crippen LogP contribution in [0.5, 0.6) is 0 Å². The zero-order valence-corrected chi connectivity index (χ0v) is 15.0.